The molecule has 2 aliphatic heterocycles. The van der Waals surface area contributed by atoms with Crippen LogP contribution in [0, 0.1) is 5.92 Å². The number of carbonyl (C=O) groups is 5. The van der Waals surface area contributed by atoms with Crippen molar-refractivity contribution in [2.75, 3.05) is 19.6 Å². The number of ketones is 1. The lowest BCUT2D eigenvalue weighted by atomic mass is 10.0. The number of alkyl halides is 3. The highest BCUT2D eigenvalue weighted by molar-refractivity contribution is 5.96. The molecule has 1 aromatic carbocycles. The van der Waals surface area contributed by atoms with Crippen molar-refractivity contribution in [2.24, 2.45) is 5.92 Å². The van der Waals surface area contributed by atoms with Gasteiger partial charge in [-0.2, -0.15) is 13.2 Å². The summed E-state index contributed by atoms with van der Waals surface area (Å²) in [7, 11) is 0. The van der Waals surface area contributed by atoms with Crippen molar-refractivity contribution in [3.63, 3.8) is 0 Å². The molecule has 0 radical (unpaired) electrons. The first-order chi connectivity index (χ1) is 21.4. The molecule has 0 spiro atoms. The van der Waals surface area contributed by atoms with Crippen LogP contribution < -0.4 is 10.6 Å². The molecule has 2 heterocycles. The number of carbonyl (C=O) groups excluding carboxylic acids is 5. The fraction of sp³-hybridized carbons (Fsp3) is 0.656. The number of hydroxylamine groups is 2. The van der Waals surface area contributed by atoms with Gasteiger partial charge < -0.3 is 20.4 Å². The van der Waals surface area contributed by atoms with Gasteiger partial charge in [0.05, 0.1) is 11.6 Å². The molecule has 2 saturated heterocycles. The molecule has 0 bridgehead atoms. The van der Waals surface area contributed by atoms with Crippen molar-refractivity contribution in [1.29, 1.82) is 0 Å². The van der Waals surface area contributed by atoms with Crippen molar-refractivity contribution in [3.8, 4) is 0 Å². The molecule has 3 rings (SSSR count). The van der Waals surface area contributed by atoms with E-state index in [1.807, 2.05) is 20.8 Å². The van der Waals surface area contributed by atoms with Crippen molar-refractivity contribution < 1.29 is 42.0 Å². The van der Waals surface area contributed by atoms with Crippen LogP contribution in [0.2, 0.25) is 0 Å². The van der Waals surface area contributed by atoms with Crippen LogP contribution in [-0.4, -0.2) is 100.0 Å². The number of halogens is 3. The Morgan fingerprint density at radius 1 is 0.957 bits per heavy atom. The summed E-state index contributed by atoms with van der Waals surface area (Å²) in [6, 6.07) is 3.39. The third kappa shape index (κ3) is 9.91. The number of urea groups is 1. The fourth-order valence-electron chi connectivity index (χ4n) is 5.74. The van der Waals surface area contributed by atoms with Crippen molar-refractivity contribution >= 4 is 29.5 Å². The molecule has 2 fully saturated rings. The SMILES string of the molecule is CC(=O)N(OC(C)(C)C)C1CCN(C(=O)N[C@H](C(=O)N2CCC[C@H]2C(=O)NC(Cc2ccccc2)C(=O)C(F)(F)F)C(C)C)CC1. The minimum Gasteiger partial charge on any atom is -0.344 e. The second-order valence-corrected chi connectivity index (χ2v) is 13.2. The van der Waals surface area contributed by atoms with E-state index in [4.69, 9.17) is 4.84 Å². The third-order valence-electron chi connectivity index (χ3n) is 8.01. The van der Waals surface area contributed by atoms with Gasteiger partial charge >= 0.3 is 12.2 Å². The fourth-order valence-corrected chi connectivity index (χ4v) is 5.74. The molecule has 0 aromatic heterocycles. The summed E-state index contributed by atoms with van der Waals surface area (Å²) in [5.74, 6) is -4.06. The molecule has 0 aliphatic carbocycles. The zero-order valence-corrected chi connectivity index (χ0v) is 27.4. The van der Waals surface area contributed by atoms with Crippen LogP contribution in [0.25, 0.3) is 0 Å². The van der Waals surface area contributed by atoms with Gasteiger partial charge in [-0.25, -0.2) is 9.86 Å². The topological polar surface area (TPSA) is 128 Å². The summed E-state index contributed by atoms with van der Waals surface area (Å²) in [4.78, 5) is 73.5. The zero-order valence-electron chi connectivity index (χ0n) is 27.4. The summed E-state index contributed by atoms with van der Waals surface area (Å²) in [5.41, 5.74) is -0.140. The smallest absolute Gasteiger partial charge is 0.344 e. The molecule has 2 aliphatic rings. The van der Waals surface area contributed by atoms with E-state index < -0.39 is 53.5 Å². The molecule has 5 amide bonds. The molecule has 2 N–H and O–H groups in total. The normalized spacial score (nSPS) is 19.0. The van der Waals surface area contributed by atoms with Crippen molar-refractivity contribution in [2.45, 2.75) is 110 Å². The van der Waals surface area contributed by atoms with Crippen LogP contribution in [0.4, 0.5) is 18.0 Å². The van der Waals surface area contributed by atoms with E-state index in [0.717, 1.165) is 0 Å². The van der Waals surface area contributed by atoms with E-state index in [2.05, 4.69) is 10.6 Å². The molecule has 1 unspecified atom stereocenters. The highest BCUT2D eigenvalue weighted by Gasteiger charge is 2.46. The molecule has 256 valence electrons. The summed E-state index contributed by atoms with van der Waals surface area (Å²) in [6.07, 6.45) is -3.96. The van der Waals surface area contributed by atoms with E-state index in [-0.39, 0.29) is 37.3 Å². The first-order valence-electron chi connectivity index (χ1n) is 15.7. The Bertz CT molecular complexity index is 1240. The minimum absolute atomic E-state index is 0.173. The first kappa shape index (κ1) is 36.8. The molecular weight excluding hydrogens is 607 g/mol. The summed E-state index contributed by atoms with van der Waals surface area (Å²) in [5, 5.41) is 6.41. The largest absolute Gasteiger partial charge is 0.452 e. The van der Waals surface area contributed by atoms with Crippen LogP contribution >= 0.6 is 0 Å². The molecule has 1 aromatic rings. The lowest BCUT2D eigenvalue weighted by molar-refractivity contribution is -0.244. The van der Waals surface area contributed by atoms with Gasteiger partial charge in [0, 0.05) is 33.0 Å². The van der Waals surface area contributed by atoms with Gasteiger partial charge in [-0.15, -0.1) is 0 Å². The Hall–Kier alpha value is -3.68. The molecule has 46 heavy (non-hydrogen) atoms. The van der Waals surface area contributed by atoms with Gasteiger partial charge in [0.25, 0.3) is 5.78 Å². The maximum absolute atomic E-state index is 13.7. The standard InChI is InChI=1S/C32H46F3N5O6/c1-20(2)26(37-30(45)38-17-14-23(15-18-38)40(21(3)41)46-31(4,5)6)29(44)39-16-10-13-25(39)28(43)36-24(27(42)32(33,34)35)19-22-11-8-7-9-12-22/h7-9,11-12,20,23-26H,10,13-19H2,1-6H3,(H,36,43)(H,37,45)/t24?,25-,26-/m0/s1. The molecule has 0 saturated carbocycles. The van der Waals surface area contributed by atoms with Gasteiger partial charge in [0.2, 0.25) is 17.7 Å². The van der Waals surface area contributed by atoms with Crippen molar-refractivity contribution in [3.05, 3.63) is 35.9 Å². The predicted octanol–water partition coefficient (Wildman–Crippen LogP) is 3.61. The van der Waals surface area contributed by atoms with Gasteiger partial charge in [-0.05, 0) is 57.9 Å². The lowest BCUT2D eigenvalue weighted by Gasteiger charge is -2.40. The summed E-state index contributed by atoms with van der Waals surface area (Å²) >= 11 is 0. The highest BCUT2D eigenvalue weighted by atomic mass is 19.4. The second kappa shape index (κ2) is 15.3. The number of amides is 5. The number of Topliss-reactive ketones (excluding diaryl/α,β-unsaturated/α-hetero) is 1. The Morgan fingerprint density at radius 2 is 1.57 bits per heavy atom. The van der Waals surface area contributed by atoms with E-state index >= 15 is 0 Å². The predicted molar refractivity (Wildman–Crippen MR) is 163 cm³/mol. The quantitative estimate of drug-likeness (QED) is 0.372. The zero-order chi connectivity index (χ0) is 34.4. The average molecular weight is 654 g/mol. The molecule has 14 heteroatoms. The Balaban J connectivity index is 1.67. The average Bonchev–Trinajstić information content (AvgIpc) is 3.47. The Labute approximate surface area is 268 Å². The molecule has 11 nitrogen and oxygen atoms in total. The maximum atomic E-state index is 13.7. The van der Waals surface area contributed by atoms with Crippen LogP contribution in [0.5, 0.6) is 0 Å². The van der Waals surface area contributed by atoms with Gasteiger partial charge in [-0.3, -0.25) is 24.0 Å². The van der Waals surface area contributed by atoms with Crippen LogP contribution in [0.3, 0.4) is 0 Å². The monoisotopic (exact) mass is 653 g/mol. The number of likely N-dealkylation sites (tertiary alicyclic amines) is 2. The van der Waals surface area contributed by atoms with Crippen LogP contribution in [0.15, 0.2) is 30.3 Å². The van der Waals surface area contributed by atoms with E-state index in [0.29, 0.717) is 37.9 Å². The molecule has 3 atom stereocenters. The Kier molecular flexibility index (Phi) is 12.2. The van der Waals surface area contributed by atoms with E-state index in [9.17, 15) is 37.1 Å². The number of nitrogens with one attached hydrogen (secondary N) is 2. The number of nitrogens with zero attached hydrogens (tertiary/aromatic N) is 3. The Morgan fingerprint density at radius 3 is 2.09 bits per heavy atom. The van der Waals surface area contributed by atoms with Crippen LogP contribution in [-0.2, 0) is 30.4 Å². The lowest BCUT2D eigenvalue weighted by Crippen LogP contribution is -2.59. The van der Waals surface area contributed by atoms with E-state index in [1.165, 1.54) is 16.9 Å². The minimum atomic E-state index is -5.16. The highest BCUT2D eigenvalue weighted by Crippen LogP contribution is 2.25. The number of hydrogen-bond acceptors (Lipinski definition) is 6. The first-order valence-corrected chi connectivity index (χ1v) is 15.7. The van der Waals surface area contributed by atoms with Gasteiger partial charge in [-0.1, -0.05) is 44.2 Å². The summed E-state index contributed by atoms with van der Waals surface area (Å²) in [6.45, 7) is 11.2. The van der Waals surface area contributed by atoms with Crippen LogP contribution in [0.1, 0.15) is 72.8 Å². The van der Waals surface area contributed by atoms with Crippen molar-refractivity contribution in [1.82, 2.24) is 25.5 Å². The third-order valence-corrected chi connectivity index (χ3v) is 8.01. The second-order valence-electron chi connectivity index (χ2n) is 13.2. The number of piperidine rings is 1. The van der Waals surface area contributed by atoms with Gasteiger partial charge in [0.1, 0.15) is 18.1 Å². The van der Waals surface area contributed by atoms with Gasteiger partial charge in [0.15, 0.2) is 0 Å². The maximum Gasteiger partial charge on any atom is 0.452 e. The number of rotatable bonds is 10. The van der Waals surface area contributed by atoms with E-state index in [1.54, 1.807) is 49.1 Å². The molecular formula is C32H46F3N5O6. The number of hydrogen-bond donors (Lipinski definition) is 2. The summed E-state index contributed by atoms with van der Waals surface area (Å²) < 4.78 is 40.3. The number of benzene rings is 1.